The molecule has 0 aliphatic rings. The van der Waals surface area contributed by atoms with Crippen molar-refractivity contribution in [1.82, 2.24) is 0 Å². The van der Waals surface area contributed by atoms with Crippen molar-refractivity contribution >= 4 is 17.9 Å². The zero-order chi connectivity index (χ0) is 52.9. The first-order valence-corrected chi connectivity index (χ1v) is 28.6. The Morgan fingerprint density at radius 3 is 0.822 bits per heavy atom. The minimum Gasteiger partial charge on any atom is -0.462 e. The Morgan fingerprint density at radius 1 is 0.274 bits per heavy atom. The van der Waals surface area contributed by atoms with E-state index in [9.17, 15) is 14.4 Å². The average Bonchev–Trinajstić information content (AvgIpc) is 3.39. The third-order valence-electron chi connectivity index (χ3n) is 11.2. The van der Waals surface area contributed by atoms with Crippen LogP contribution in [0.5, 0.6) is 0 Å². The topological polar surface area (TPSA) is 78.9 Å². The fraction of sp³-hybridized carbons (Fsp3) is 0.537. The van der Waals surface area contributed by atoms with Crippen molar-refractivity contribution in [3.05, 3.63) is 170 Å². The number of allylic oxidation sites excluding steroid dienone is 28. The first-order valence-electron chi connectivity index (χ1n) is 28.6. The molecule has 0 saturated carbocycles. The van der Waals surface area contributed by atoms with Crippen molar-refractivity contribution in [3.63, 3.8) is 0 Å². The molecule has 0 aromatic rings. The molecule has 1 unspecified atom stereocenters. The second-order valence-corrected chi connectivity index (χ2v) is 18.0. The highest BCUT2D eigenvalue weighted by Gasteiger charge is 2.19. The normalized spacial score (nSPS) is 13.4. The van der Waals surface area contributed by atoms with Crippen LogP contribution in [0.15, 0.2) is 170 Å². The Balaban J connectivity index is 4.59. The highest BCUT2D eigenvalue weighted by atomic mass is 16.6. The summed E-state index contributed by atoms with van der Waals surface area (Å²) < 4.78 is 16.8. The van der Waals surface area contributed by atoms with Crippen LogP contribution in [0.1, 0.15) is 213 Å². The predicted molar refractivity (Wildman–Crippen MR) is 315 cm³/mol. The summed E-state index contributed by atoms with van der Waals surface area (Å²) in [5.74, 6) is -1.07. The van der Waals surface area contributed by atoms with Crippen molar-refractivity contribution in [2.75, 3.05) is 13.2 Å². The minimum atomic E-state index is -0.844. The van der Waals surface area contributed by atoms with Gasteiger partial charge in [-0.25, -0.2) is 0 Å². The van der Waals surface area contributed by atoms with Gasteiger partial charge in [0.05, 0.1) is 0 Å². The van der Waals surface area contributed by atoms with Gasteiger partial charge in [0.15, 0.2) is 6.10 Å². The van der Waals surface area contributed by atoms with Gasteiger partial charge >= 0.3 is 17.9 Å². The van der Waals surface area contributed by atoms with Gasteiger partial charge in [0.2, 0.25) is 0 Å². The largest absolute Gasteiger partial charge is 0.462 e. The molecule has 0 saturated heterocycles. The van der Waals surface area contributed by atoms with Crippen LogP contribution in [-0.2, 0) is 28.6 Å². The van der Waals surface area contributed by atoms with Crippen LogP contribution < -0.4 is 0 Å². The van der Waals surface area contributed by atoms with Gasteiger partial charge in [-0.1, -0.05) is 229 Å². The molecule has 0 spiro atoms. The maximum absolute atomic E-state index is 12.8. The van der Waals surface area contributed by atoms with Crippen LogP contribution >= 0.6 is 0 Å². The van der Waals surface area contributed by atoms with E-state index in [1.807, 2.05) is 0 Å². The maximum Gasteiger partial charge on any atom is 0.306 e. The number of rotatable bonds is 49. The zero-order valence-corrected chi connectivity index (χ0v) is 46.3. The van der Waals surface area contributed by atoms with Gasteiger partial charge in [0, 0.05) is 19.3 Å². The molecule has 0 N–H and O–H groups in total. The number of esters is 3. The van der Waals surface area contributed by atoms with E-state index in [0.29, 0.717) is 19.3 Å². The van der Waals surface area contributed by atoms with E-state index in [1.165, 1.54) is 32.1 Å². The molecule has 73 heavy (non-hydrogen) atoms. The molecule has 0 aromatic heterocycles. The average molecular weight is 1000 g/mol. The van der Waals surface area contributed by atoms with Gasteiger partial charge in [-0.05, 0) is 135 Å². The van der Waals surface area contributed by atoms with Gasteiger partial charge in [-0.3, -0.25) is 14.4 Å². The molecule has 1 atom stereocenters. The van der Waals surface area contributed by atoms with Gasteiger partial charge in [0.1, 0.15) is 13.2 Å². The molecule has 0 radical (unpaired) electrons. The van der Waals surface area contributed by atoms with Gasteiger partial charge in [-0.2, -0.15) is 0 Å². The van der Waals surface area contributed by atoms with Crippen LogP contribution in [0.25, 0.3) is 0 Å². The molecule has 0 rings (SSSR count). The van der Waals surface area contributed by atoms with Gasteiger partial charge in [0.25, 0.3) is 0 Å². The third-order valence-corrected chi connectivity index (χ3v) is 11.2. The Kier molecular flexibility index (Phi) is 55.1. The Hall–Kier alpha value is -5.23. The van der Waals surface area contributed by atoms with E-state index in [4.69, 9.17) is 14.2 Å². The molecule has 0 aliphatic carbocycles. The SMILES string of the molecule is CC/C=C\C/C=C\C/C=C\C/C=C\C/C=C\CCCC(=O)OCC(COC(=O)CCCCCCCCCC/C=C\C/C=C\C/C=C\C/C=C\CC)OC(=O)CCC/C=C\C/C=C\C/C=C\C/C=C\C/C=C\CC. The lowest BCUT2D eigenvalue weighted by molar-refractivity contribution is -0.167. The van der Waals surface area contributed by atoms with Crippen molar-refractivity contribution in [3.8, 4) is 0 Å². The quantitative estimate of drug-likeness (QED) is 0.0261. The van der Waals surface area contributed by atoms with Crippen LogP contribution in [0.2, 0.25) is 0 Å². The van der Waals surface area contributed by atoms with Gasteiger partial charge in [-0.15, -0.1) is 0 Å². The molecule has 0 fully saturated rings. The van der Waals surface area contributed by atoms with E-state index in [1.54, 1.807) is 0 Å². The summed E-state index contributed by atoms with van der Waals surface area (Å²) >= 11 is 0. The van der Waals surface area contributed by atoms with E-state index < -0.39 is 12.1 Å². The number of hydrogen-bond donors (Lipinski definition) is 0. The summed E-state index contributed by atoms with van der Waals surface area (Å²) in [5.41, 5.74) is 0. The van der Waals surface area contributed by atoms with Crippen LogP contribution in [-0.4, -0.2) is 37.2 Å². The number of unbranched alkanes of at least 4 members (excludes halogenated alkanes) is 10. The van der Waals surface area contributed by atoms with E-state index in [-0.39, 0.29) is 38.0 Å². The zero-order valence-electron chi connectivity index (χ0n) is 46.3. The maximum atomic E-state index is 12.8. The molecular weight excluding hydrogens is 901 g/mol. The van der Waals surface area contributed by atoms with Crippen molar-refractivity contribution in [2.45, 2.75) is 219 Å². The highest BCUT2D eigenvalue weighted by molar-refractivity contribution is 5.71. The van der Waals surface area contributed by atoms with Crippen molar-refractivity contribution in [1.29, 1.82) is 0 Å². The summed E-state index contributed by atoms with van der Waals surface area (Å²) in [5, 5.41) is 0. The molecule has 0 aromatic carbocycles. The Morgan fingerprint density at radius 2 is 0.507 bits per heavy atom. The fourth-order valence-corrected chi connectivity index (χ4v) is 7.03. The molecule has 6 heteroatoms. The number of carbonyl (C=O) groups excluding carboxylic acids is 3. The third kappa shape index (κ3) is 57.5. The van der Waals surface area contributed by atoms with E-state index in [0.717, 1.165) is 128 Å². The van der Waals surface area contributed by atoms with Crippen LogP contribution in [0, 0.1) is 0 Å². The summed E-state index contributed by atoms with van der Waals surface area (Å²) in [6.45, 7) is 6.18. The Labute approximate surface area is 447 Å². The second kappa shape index (κ2) is 59.3. The minimum absolute atomic E-state index is 0.131. The summed E-state index contributed by atoms with van der Waals surface area (Å²) in [7, 11) is 0. The van der Waals surface area contributed by atoms with Crippen molar-refractivity contribution < 1.29 is 28.6 Å². The van der Waals surface area contributed by atoms with E-state index >= 15 is 0 Å². The molecule has 0 heterocycles. The smallest absolute Gasteiger partial charge is 0.306 e. The molecule has 0 bridgehead atoms. The highest BCUT2D eigenvalue weighted by Crippen LogP contribution is 2.13. The summed E-state index contributed by atoms with van der Waals surface area (Å²) in [4.78, 5) is 38.2. The van der Waals surface area contributed by atoms with Gasteiger partial charge < -0.3 is 14.2 Å². The Bertz CT molecular complexity index is 1720. The lowest BCUT2D eigenvalue weighted by Gasteiger charge is -2.18. The monoisotopic (exact) mass is 1000 g/mol. The molecule has 0 aliphatic heterocycles. The number of carbonyl (C=O) groups is 3. The molecule has 0 amide bonds. The fourth-order valence-electron chi connectivity index (χ4n) is 7.03. The second-order valence-electron chi connectivity index (χ2n) is 18.0. The summed E-state index contributed by atoms with van der Waals surface area (Å²) in [6, 6.07) is 0. The lowest BCUT2D eigenvalue weighted by atomic mass is 10.1. The molecule has 6 nitrogen and oxygen atoms in total. The standard InChI is InChI=1S/C67H102O6/c1-4-7-10-13-16-19-22-25-28-31-32-33-34-37-39-42-45-48-51-54-57-60-66(69)72-63-64(73-67(70)61-58-55-52-49-46-43-40-36-30-27-24-21-18-15-12-9-6-3)62-71-65(68)59-56-53-50-47-44-41-38-35-29-26-23-20-17-14-11-8-5-2/h7-12,16-21,25-30,32-33,38,40-41,43,47,49-50,52,64H,4-6,13-15,22-24,31,34-37,39,42,44-46,48,51,53-63H2,1-3H3/b10-7-,11-8-,12-9-,19-16-,20-17-,21-18-,28-25-,29-26-,30-27-,33-32-,41-38-,43-40-,50-47-,52-49-. The lowest BCUT2D eigenvalue weighted by Crippen LogP contribution is -2.30. The molecular formula is C67H102O6. The predicted octanol–water partition coefficient (Wildman–Crippen LogP) is 19.5. The van der Waals surface area contributed by atoms with Crippen LogP contribution in [0.4, 0.5) is 0 Å². The van der Waals surface area contributed by atoms with Crippen LogP contribution in [0.3, 0.4) is 0 Å². The summed E-state index contributed by atoms with van der Waals surface area (Å²) in [6.07, 6.45) is 87.8. The van der Waals surface area contributed by atoms with Crippen molar-refractivity contribution in [2.24, 2.45) is 0 Å². The first-order chi connectivity index (χ1) is 36.0. The number of ether oxygens (including phenoxy) is 3. The van der Waals surface area contributed by atoms with E-state index in [2.05, 4.69) is 191 Å². The number of hydrogen-bond acceptors (Lipinski definition) is 6. The molecule has 406 valence electrons. The first kappa shape index (κ1) is 67.8.